The number of hydrogen-bond acceptors (Lipinski definition) is 5. The monoisotopic (exact) mass is 384 g/mol. The van der Waals surface area contributed by atoms with Crippen molar-refractivity contribution in [3.8, 4) is 0 Å². The zero-order valence-electron chi connectivity index (χ0n) is 17.2. The Bertz CT molecular complexity index is 834. The molecule has 28 heavy (non-hydrogen) atoms. The minimum absolute atomic E-state index is 0.133. The van der Waals surface area contributed by atoms with Gasteiger partial charge in [-0.2, -0.15) is 0 Å². The number of ether oxygens (including phenoxy) is 3. The zero-order valence-corrected chi connectivity index (χ0v) is 17.2. The number of fused-ring (bicyclic) bond motifs is 2. The van der Waals surface area contributed by atoms with Crippen LogP contribution in [0, 0.1) is 13.8 Å². The van der Waals surface area contributed by atoms with Crippen LogP contribution in [0.15, 0.2) is 30.4 Å². The number of carbonyl (C=O) groups is 2. The van der Waals surface area contributed by atoms with E-state index in [2.05, 4.69) is 0 Å². The topological polar surface area (TPSA) is 61.8 Å². The number of carbonyl (C=O) groups excluding carboxylic acids is 2. The Morgan fingerprint density at radius 1 is 1.00 bits per heavy atom. The maximum Gasteiger partial charge on any atom is 0.339 e. The molecule has 150 valence electrons. The molecule has 0 unspecified atom stereocenters. The molecule has 0 aromatic heterocycles. The van der Waals surface area contributed by atoms with Gasteiger partial charge in [-0.3, -0.25) is 4.79 Å². The number of benzene rings is 1. The first-order valence-corrected chi connectivity index (χ1v) is 9.71. The molecule has 3 rings (SSSR count). The molecule has 0 aliphatic carbocycles. The number of ketones is 1. The Labute approximate surface area is 166 Å². The quantitative estimate of drug-likeness (QED) is 0.624. The van der Waals surface area contributed by atoms with E-state index in [0.717, 1.165) is 16.7 Å². The lowest BCUT2D eigenvalue weighted by atomic mass is 9.97. The van der Waals surface area contributed by atoms with Crippen LogP contribution in [0.3, 0.4) is 0 Å². The summed E-state index contributed by atoms with van der Waals surface area (Å²) in [7, 11) is 0. The zero-order chi connectivity index (χ0) is 20.5. The fraction of sp³-hybridized carbons (Fsp3) is 0.478. The van der Waals surface area contributed by atoms with Crippen molar-refractivity contribution in [2.75, 3.05) is 0 Å². The van der Waals surface area contributed by atoms with E-state index in [1.54, 1.807) is 6.08 Å². The lowest BCUT2D eigenvalue weighted by Crippen LogP contribution is -2.30. The molecule has 1 aromatic rings. The van der Waals surface area contributed by atoms with Crippen molar-refractivity contribution in [2.45, 2.75) is 71.6 Å². The van der Waals surface area contributed by atoms with E-state index in [9.17, 15) is 9.59 Å². The summed E-state index contributed by atoms with van der Waals surface area (Å²) in [5.41, 5.74) is 3.34. The summed E-state index contributed by atoms with van der Waals surface area (Å²) in [5, 5.41) is 0. The molecular weight excluding hydrogens is 356 g/mol. The maximum absolute atomic E-state index is 12.8. The van der Waals surface area contributed by atoms with Gasteiger partial charge < -0.3 is 14.2 Å². The van der Waals surface area contributed by atoms with Crippen molar-refractivity contribution >= 4 is 17.8 Å². The molecule has 1 aromatic carbocycles. The van der Waals surface area contributed by atoms with Crippen LogP contribution in [0.2, 0.25) is 0 Å². The molecule has 1 fully saturated rings. The first-order chi connectivity index (χ1) is 13.2. The standard InChI is InChI=1S/C23H28O5/c1-14-12-15(2)20-17(13-14)9-7-11-19-21(28-23(4,5)27-19)18(24)10-6-8-16(3)26-22(20)25/h6-7,9-10,12-13,16,19,21H,8,11H2,1-5H3/b9-7+,10-6-/t16-,19+,21-/m0/s1. The van der Waals surface area contributed by atoms with Crippen LogP contribution in [0.4, 0.5) is 0 Å². The molecule has 5 heteroatoms. The summed E-state index contributed by atoms with van der Waals surface area (Å²) >= 11 is 0. The number of rotatable bonds is 0. The summed E-state index contributed by atoms with van der Waals surface area (Å²) < 4.78 is 17.4. The first kappa shape index (κ1) is 20.5. The highest BCUT2D eigenvalue weighted by atomic mass is 16.8. The molecular formula is C23H28O5. The molecule has 1 saturated heterocycles. The Hall–Kier alpha value is -2.24. The number of hydrogen-bond donors (Lipinski definition) is 0. The van der Waals surface area contributed by atoms with E-state index in [0.29, 0.717) is 18.4 Å². The number of esters is 1. The molecule has 2 aliphatic rings. The number of aryl methyl sites for hydroxylation is 2. The van der Waals surface area contributed by atoms with Gasteiger partial charge in [0.2, 0.25) is 0 Å². The molecule has 0 radical (unpaired) electrons. The van der Waals surface area contributed by atoms with Crippen molar-refractivity contribution in [1.82, 2.24) is 0 Å². The van der Waals surface area contributed by atoms with Gasteiger partial charge in [0.1, 0.15) is 12.2 Å². The Balaban J connectivity index is 1.99. The van der Waals surface area contributed by atoms with E-state index in [-0.39, 0.29) is 24.0 Å². The smallest absolute Gasteiger partial charge is 0.339 e. The van der Waals surface area contributed by atoms with Gasteiger partial charge in [0.25, 0.3) is 0 Å². The van der Waals surface area contributed by atoms with Crippen molar-refractivity contribution in [2.24, 2.45) is 0 Å². The van der Waals surface area contributed by atoms with Crippen molar-refractivity contribution in [3.05, 3.63) is 52.6 Å². The highest BCUT2D eigenvalue weighted by Crippen LogP contribution is 2.31. The Morgan fingerprint density at radius 2 is 1.71 bits per heavy atom. The summed E-state index contributed by atoms with van der Waals surface area (Å²) in [6.07, 6.45) is 6.67. The second-order valence-corrected chi connectivity index (χ2v) is 8.04. The molecule has 0 spiro atoms. The van der Waals surface area contributed by atoms with E-state index in [4.69, 9.17) is 14.2 Å². The number of cyclic esters (lactones) is 1. The van der Waals surface area contributed by atoms with Gasteiger partial charge in [-0.05, 0) is 58.2 Å². The second-order valence-electron chi connectivity index (χ2n) is 8.04. The largest absolute Gasteiger partial charge is 0.459 e. The Morgan fingerprint density at radius 3 is 2.46 bits per heavy atom. The van der Waals surface area contributed by atoms with Gasteiger partial charge in [0, 0.05) is 6.42 Å². The highest BCUT2D eigenvalue weighted by Gasteiger charge is 2.43. The van der Waals surface area contributed by atoms with Gasteiger partial charge >= 0.3 is 5.97 Å². The molecule has 2 heterocycles. The maximum atomic E-state index is 12.8. The summed E-state index contributed by atoms with van der Waals surface area (Å²) in [4.78, 5) is 25.3. The second kappa shape index (κ2) is 8.02. The predicted octanol–water partition coefficient (Wildman–Crippen LogP) is 4.30. The average molecular weight is 384 g/mol. The lowest BCUT2D eigenvalue weighted by molar-refractivity contribution is -0.152. The van der Waals surface area contributed by atoms with Crippen LogP contribution in [-0.4, -0.2) is 35.9 Å². The van der Waals surface area contributed by atoms with Crippen LogP contribution in [-0.2, 0) is 19.0 Å². The van der Waals surface area contributed by atoms with E-state index in [1.807, 2.05) is 58.9 Å². The van der Waals surface area contributed by atoms with Crippen molar-refractivity contribution < 1.29 is 23.8 Å². The molecule has 5 nitrogen and oxygen atoms in total. The van der Waals surface area contributed by atoms with Gasteiger partial charge in [-0.25, -0.2) is 4.79 Å². The molecule has 3 atom stereocenters. The molecule has 0 N–H and O–H groups in total. The third-order valence-corrected chi connectivity index (χ3v) is 4.90. The van der Waals surface area contributed by atoms with Gasteiger partial charge in [0.15, 0.2) is 11.6 Å². The lowest BCUT2D eigenvalue weighted by Gasteiger charge is -2.16. The van der Waals surface area contributed by atoms with E-state index < -0.39 is 11.9 Å². The first-order valence-electron chi connectivity index (χ1n) is 9.71. The van der Waals surface area contributed by atoms with E-state index in [1.165, 1.54) is 6.08 Å². The fourth-order valence-electron chi connectivity index (χ4n) is 3.75. The average Bonchev–Trinajstić information content (AvgIpc) is 2.88. The molecule has 0 amide bonds. The van der Waals surface area contributed by atoms with Gasteiger partial charge in [-0.1, -0.05) is 35.9 Å². The third kappa shape index (κ3) is 4.59. The SMILES string of the molecule is Cc1cc(C)c2c(c1)/C=C/C[C@H]1OC(C)(C)O[C@H]1C(=O)/C=C\C[C@H](C)OC2=O. The van der Waals surface area contributed by atoms with Gasteiger partial charge in [-0.15, -0.1) is 0 Å². The highest BCUT2D eigenvalue weighted by molar-refractivity contribution is 5.96. The summed E-state index contributed by atoms with van der Waals surface area (Å²) in [6.45, 7) is 9.35. The van der Waals surface area contributed by atoms with Crippen LogP contribution in [0.1, 0.15) is 60.7 Å². The van der Waals surface area contributed by atoms with Crippen molar-refractivity contribution in [1.29, 1.82) is 0 Å². The normalized spacial score (nSPS) is 30.0. The van der Waals surface area contributed by atoms with Crippen LogP contribution >= 0.6 is 0 Å². The molecule has 2 aliphatic heterocycles. The third-order valence-electron chi connectivity index (χ3n) is 4.90. The van der Waals surface area contributed by atoms with Crippen LogP contribution in [0.5, 0.6) is 0 Å². The fourth-order valence-corrected chi connectivity index (χ4v) is 3.75. The summed E-state index contributed by atoms with van der Waals surface area (Å²) in [6, 6.07) is 3.95. The Kier molecular flexibility index (Phi) is 5.87. The molecule has 0 bridgehead atoms. The van der Waals surface area contributed by atoms with Crippen LogP contribution in [0.25, 0.3) is 6.08 Å². The predicted molar refractivity (Wildman–Crippen MR) is 107 cm³/mol. The van der Waals surface area contributed by atoms with Gasteiger partial charge in [0.05, 0.1) is 11.7 Å². The molecule has 0 saturated carbocycles. The van der Waals surface area contributed by atoms with Crippen molar-refractivity contribution in [3.63, 3.8) is 0 Å². The van der Waals surface area contributed by atoms with Crippen LogP contribution < -0.4 is 0 Å². The summed E-state index contributed by atoms with van der Waals surface area (Å²) in [5.74, 6) is -1.29. The van der Waals surface area contributed by atoms with E-state index >= 15 is 0 Å². The minimum Gasteiger partial charge on any atom is -0.459 e. The minimum atomic E-state index is -0.807.